The minimum absolute atomic E-state index is 0.0132. The summed E-state index contributed by atoms with van der Waals surface area (Å²) in [6.45, 7) is 3.19. The normalized spacial score (nSPS) is 12.9. The molecule has 0 aliphatic rings. The molecule has 0 saturated heterocycles. The second kappa shape index (κ2) is 6.22. The molecule has 110 valence electrons. The molecule has 2 aromatic rings. The van der Waals surface area contributed by atoms with Crippen molar-refractivity contribution in [3.63, 3.8) is 0 Å². The summed E-state index contributed by atoms with van der Waals surface area (Å²) in [5.41, 5.74) is 1.35. The van der Waals surface area contributed by atoms with Gasteiger partial charge in [-0.2, -0.15) is 0 Å². The van der Waals surface area contributed by atoms with Crippen LogP contribution in [-0.2, 0) is 14.6 Å². The third-order valence-corrected chi connectivity index (χ3v) is 5.68. The van der Waals surface area contributed by atoms with Crippen LogP contribution >= 0.6 is 0 Å². The third kappa shape index (κ3) is 3.39. The molecule has 0 heterocycles. The molecule has 2 rings (SSSR count). The maximum atomic E-state index is 12.9. The van der Waals surface area contributed by atoms with Gasteiger partial charge in [0.05, 0.1) is 10.1 Å². The number of sulfone groups is 1. The Balaban J connectivity index is 2.56. The van der Waals surface area contributed by atoms with Crippen molar-refractivity contribution in [2.75, 3.05) is 0 Å². The number of hydrogen-bond donors (Lipinski definition) is 0. The average Bonchev–Trinajstić information content (AvgIpc) is 2.45. The fraction of sp³-hybridized carbons (Fsp3) is 0.235. The number of carbonyl (C=O) groups excluding carboxylic acids is 1. The van der Waals surface area contributed by atoms with Gasteiger partial charge in [-0.15, -0.1) is 0 Å². The fourth-order valence-corrected chi connectivity index (χ4v) is 4.43. The Morgan fingerprint density at radius 1 is 1.00 bits per heavy atom. The van der Waals surface area contributed by atoms with Crippen molar-refractivity contribution in [3.05, 3.63) is 65.7 Å². The van der Waals surface area contributed by atoms with Crippen molar-refractivity contribution in [2.24, 2.45) is 0 Å². The van der Waals surface area contributed by atoms with E-state index in [9.17, 15) is 13.2 Å². The van der Waals surface area contributed by atoms with E-state index in [1.54, 1.807) is 55.5 Å². The maximum absolute atomic E-state index is 12.9. The first-order chi connectivity index (χ1) is 9.93. The lowest BCUT2D eigenvalue weighted by molar-refractivity contribution is -0.117. The summed E-state index contributed by atoms with van der Waals surface area (Å²) in [4.78, 5) is 11.8. The summed E-state index contributed by atoms with van der Waals surface area (Å²) in [6, 6.07) is 15.8. The van der Waals surface area contributed by atoms with Crippen LogP contribution in [0.2, 0.25) is 0 Å². The molecule has 0 amide bonds. The highest BCUT2D eigenvalue weighted by molar-refractivity contribution is 7.91. The smallest absolute Gasteiger partial charge is 0.186 e. The van der Waals surface area contributed by atoms with Crippen LogP contribution in [0.5, 0.6) is 0 Å². The van der Waals surface area contributed by atoms with E-state index in [0.29, 0.717) is 16.0 Å². The number of rotatable bonds is 5. The Morgan fingerprint density at radius 3 is 2.14 bits per heavy atom. The van der Waals surface area contributed by atoms with Crippen LogP contribution in [0.25, 0.3) is 0 Å². The molecule has 0 N–H and O–H groups in total. The molecule has 0 bridgehead atoms. The molecule has 0 saturated carbocycles. The van der Waals surface area contributed by atoms with Crippen LogP contribution in [0.1, 0.15) is 29.7 Å². The molecule has 0 spiro atoms. The predicted octanol–water partition coefficient (Wildman–Crippen LogP) is 3.49. The number of carbonyl (C=O) groups is 1. The van der Waals surface area contributed by atoms with E-state index in [-0.39, 0.29) is 12.2 Å². The highest BCUT2D eigenvalue weighted by Gasteiger charge is 2.31. The fourth-order valence-electron chi connectivity index (χ4n) is 2.36. The van der Waals surface area contributed by atoms with Gasteiger partial charge in [0.25, 0.3) is 0 Å². The summed E-state index contributed by atoms with van der Waals surface area (Å²) in [5, 5.41) is -0.836. The largest absolute Gasteiger partial charge is 0.300 e. The van der Waals surface area contributed by atoms with Crippen molar-refractivity contribution in [1.82, 2.24) is 0 Å². The Hall–Kier alpha value is -1.94. The maximum Gasteiger partial charge on any atom is 0.186 e. The van der Waals surface area contributed by atoms with Crippen molar-refractivity contribution in [1.29, 1.82) is 0 Å². The number of ketones is 1. The van der Waals surface area contributed by atoms with Gasteiger partial charge in [-0.05, 0) is 31.0 Å². The van der Waals surface area contributed by atoms with Crippen molar-refractivity contribution >= 4 is 15.6 Å². The van der Waals surface area contributed by atoms with Crippen LogP contribution in [0.15, 0.2) is 59.5 Å². The summed E-state index contributed by atoms with van der Waals surface area (Å²) < 4.78 is 25.9. The molecule has 0 aliphatic heterocycles. The minimum Gasteiger partial charge on any atom is -0.300 e. The summed E-state index contributed by atoms with van der Waals surface area (Å²) in [5.74, 6) is -0.138. The zero-order chi connectivity index (χ0) is 15.5. The first kappa shape index (κ1) is 15.4. The highest BCUT2D eigenvalue weighted by atomic mass is 32.2. The van der Waals surface area contributed by atoms with Crippen LogP contribution in [-0.4, -0.2) is 14.2 Å². The lowest BCUT2D eigenvalue weighted by Gasteiger charge is -2.18. The second-order valence-electron chi connectivity index (χ2n) is 5.12. The van der Waals surface area contributed by atoms with Gasteiger partial charge in [0, 0.05) is 6.42 Å². The second-order valence-corrected chi connectivity index (χ2v) is 7.21. The molecule has 2 aromatic carbocycles. The van der Waals surface area contributed by atoms with Crippen LogP contribution in [0, 0.1) is 6.92 Å². The molecule has 21 heavy (non-hydrogen) atoms. The zero-order valence-corrected chi connectivity index (χ0v) is 12.9. The summed E-state index contributed by atoms with van der Waals surface area (Å²) in [6.07, 6.45) is -0.0132. The van der Waals surface area contributed by atoms with Gasteiger partial charge >= 0.3 is 0 Å². The summed E-state index contributed by atoms with van der Waals surface area (Å²) in [7, 11) is -3.60. The zero-order valence-electron chi connectivity index (χ0n) is 12.1. The van der Waals surface area contributed by atoms with Crippen LogP contribution < -0.4 is 0 Å². The molecule has 1 atom stereocenters. The van der Waals surface area contributed by atoms with E-state index in [1.165, 1.54) is 6.92 Å². The Bertz CT molecular complexity index is 734. The van der Waals surface area contributed by atoms with Crippen LogP contribution in [0.4, 0.5) is 0 Å². The van der Waals surface area contributed by atoms with Crippen molar-refractivity contribution < 1.29 is 13.2 Å². The number of Topliss-reactive ketones (excluding diaryl/α,β-unsaturated/α-hetero) is 1. The number of aryl methyl sites for hydroxylation is 1. The first-order valence-electron chi connectivity index (χ1n) is 6.77. The topological polar surface area (TPSA) is 51.2 Å². The van der Waals surface area contributed by atoms with E-state index in [1.807, 2.05) is 6.07 Å². The minimum atomic E-state index is -3.60. The molecule has 0 radical (unpaired) electrons. The molecular formula is C17H18O3S. The lowest BCUT2D eigenvalue weighted by atomic mass is 10.1. The van der Waals surface area contributed by atoms with Gasteiger partial charge in [-0.3, -0.25) is 4.79 Å². The molecule has 1 unspecified atom stereocenters. The van der Waals surface area contributed by atoms with E-state index < -0.39 is 15.1 Å². The number of benzene rings is 2. The van der Waals surface area contributed by atoms with Crippen LogP contribution in [0.3, 0.4) is 0 Å². The average molecular weight is 302 g/mol. The van der Waals surface area contributed by atoms with E-state index in [0.717, 1.165) is 0 Å². The Labute approximate surface area is 125 Å². The molecule has 0 fully saturated rings. The lowest BCUT2D eigenvalue weighted by Crippen LogP contribution is -2.17. The van der Waals surface area contributed by atoms with Gasteiger partial charge < -0.3 is 0 Å². The third-order valence-electron chi connectivity index (χ3n) is 3.42. The summed E-state index contributed by atoms with van der Waals surface area (Å²) >= 11 is 0. The molecule has 0 aromatic heterocycles. The quantitative estimate of drug-likeness (QED) is 0.849. The molecular weight excluding hydrogens is 284 g/mol. The molecule has 3 nitrogen and oxygen atoms in total. The van der Waals surface area contributed by atoms with Gasteiger partial charge in [-0.25, -0.2) is 8.42 Å². The van der Waals surface area contributed by atoms with Gasteiger partial charge in [0.2, 0.25) is 0 Å². The van der Waals surface area contributed by atoms with E-state index in [2.05, 4.69) is 0 Å². The monoisotopic (exact) mass is 302 g/mol. The highest BCUT2D eigenvalue weighted by Crippen LogP contribution is 2.33. The predicted molar refractivity (Wildman–Crippen MR) is 82.8 cm³/mol. The number of hydrogen-bond acceptors (Lipinski definition) is 3. The SMILES string of the molecule is CC(=O)CC(c1ccccc1)S(=O)(=O)c1ccccc1C. The van der Waals surface area contributed by atoms with Crippen molar-refractivity contribution in [3.8, 4) is 0 Å². The Morgan fingerprint density at radius 2 is 1.57 bits per heavy atom. The standard InChI is InChI=1S/C17H18O3S/c1-13-8-6-7-11-16(13)21(19,20)17(12-14(2)18)15-9-4-3-5-10-15/h3-11,17H,12H2,1-2H3. The first-order valence-corrected chi connectivity index (χ1v) is 8.31. The molecule has 0 aliphatic carbocycles. The Kier molecular flexibility index (Phi) is 4.58. The van der Waals surface area contributed by atoms with Gasteiger partial charge in [0.1, 0.15) is 5.78 Å². The van der Waals surface area contributed by atoms with E-state index in [4.69, 9.17) is 0 Å². The molecule has 4 heteroatoms. The van der Waals surface area contributed by atoms with Gasteiger partial charge in [-0.1, -0.05) is 48.5 Å². The van der Waals surface area contributed by atoms with E-state index >= 15 is 0 Å². The van der Waals surface area contributed by atoms with Gasteiger partial charge in [0.15, 0.2) is 9.84 Å². The van der Waals surface area contributed by atoms with Crippen molar-refractivity contribution in [2.45, 2.75) is 30.4 Å².